The number of carbonyl (C=O) groups excluding carboxylic acids is 4. The molecule has 1 aliphatic carbocycles. The number of piperidine rings is 1. The molecule has 3 N–H and O–H groups in total. The quantitative estimate of drug-likeness (QED) is 0.232. The lowest BCUT2D eigenvalue weighted by Crippen LogP contribution is -2.46. The average molecular weight is 631 g/mol. The highest BCUT2D eigenvalue weighted by atomic mass is 79.9. The van der Waals surface area contributed by atoms with Gasteiger partial charge in [0.05, 0.1) is 5.52 Å². The van der Waals surface area contributed by atoms with Crippen molar-refractivity contribution < 1.29 is 19.2 Å². The van der Waals surface area contributed by atoms with E-state index in [2.05, 4.69) is 48.2 Å². The van der Waals surface area contributed by atoms with Gasteiger partial charge in [-0.05, 0) is 70.9 Å². The molecule has 2 fully saturated rings. The van der Waals surface area contributed by atoms with Gasteiger partial charge >= 0.3 is 0 Å². The number of benzene rings is 1. The molecule has 0 spiro atoms. The molecule has 1 aromatic carbocycles. The monoisotopic (exact) mass is 630 g/mol. The van der Waals surface area contributed by atoms with E-state index in [1.807, 2.05) is 18.2 Å². The van der Waals surface area contributed by atoms with E-state index in [0.717, 1.165) is 17.5 Å². The van der Waals surface area contributed by atoms with E-state index in [0.29, 0.717) is 27.8 Å². The maximum Gasteiger partial charge on any atom is 0.248 e. The maximum atomic E-state index is 13.8. The highest BCUT2D eigenvalue weighted by Gasteiger charge is 2.64. The van der Waals surface area contributed by atoms with Crippen LogP contribution in [0.15, 0.2) is 47.3 Å². The van der Waals surface area contributed by atoms with Crippen LogP contribution in [0.1, 0.15) is 53.4 Å². The third kappa shape index (κ3) is 4.93. The number of aromatic nitrogens is 5. The summed E-state index contributed by atoms with van der Waals surface area (Å²) < 4.78 is 1.86. The van der Waals surface area contributed by atoms with Crippen LogP contribution in [0.25, 0.3) is 22.0 Å². The molecule has 12 nitrogen and oxygen atoms in total. The molecule has 4 aromatic rings. The van der Waals surface area contributed by atoms with Crippen molar-refractivity contribution in [2.24, 2.45) is 11.1 Å². The standard InChI is InChI=1S/C29H27BrN8O4/c1-14(39)26-19-6-16(18-11-32-15(2)33-12-18)4-5-20(19)37(36-26)13-25(40)38-21(9-29(3)10-22(29)38)28(42)35-24-8-17(27(31)41)7-23(30)34-24/h4-8,11-12,21-22H,9-10,13H2,1-3H3,(H2,31,41)(H,34,35,42)/t21-,22?,29-/m0/s1. The number of hydrogen-bond acceptors (Lipinski definition) is 8. The number of aryl methyl sites for hydroxylation is 1. The summed E-state index contributed by atoms with van der Waals surface area (Å²) in [6, 6.07) is 7.58. The molecule has 1 saturated carbocycles. The van der Waals surface area contributed by atoms with Gasteiger partial charge in [-0.3, -0.25) is 23.9 Å². The third-order valence-electron chi connectivity index (χ3n) is 8.04. The van der Waals surface area contributed by atoms with E-state index < -0.39 is 17.9 Å². The van der Waals surface area contributed by atoms with Gasteiger partial charge in [0, 0.05) is 41.9 Å². The first-order chi connectivity index (χ1) is 19.9. The molecule has 1 aliphatic heterocycles. The Labute approximate surface area is 248 Å². The Hall–Kier alpha value is -4.52. The summed E-state index contributed by atoms with van der Waals surface area (Å²) in [6.45, 7) is 5.15. The minimum atomic E-state index is -0.735. The van der Waals surface area contributed by atoms with E-state index in [4.69, 9.17) is 5.73 Å². The number of amides is 3. The fraction of sp³-hybridized carbons (Fsp3) is 0.310. The van der Waals surface area contributed by atoms with Gasteiger partial charge in [0.1, 0.15) is 34.5 Å². The van der Waals surface area contributed by atoms with Crippen molar-refractivity contribution in [1.82, 2.24) is 29.6 Å². The van der Waals surface area contributed by atoms with E-state index >= 15 is 0 Å². The lowest BCUT2D eigenvalue weighted by atomic mass is 10.0. The van der Waals surface area contributed by atoms with Crippen LogP contribution in [0.2, 0.25) is 0 Å². The van der Waals surface area contributed by atoms with Gasteiger partial charge in [-0.1, -0.05) is 13.0 Å². The summed E-state index contributed by atoms with van der Waals surface area (Å²) >= 11 is 3.23. The number of hydrogen-bond donors (Lipinski definition) is 2. The molecule has 4 heterocycles. The van der Waals surface area contributed by atoms with Gasteiger partial charge in [-0.15, -0.1) is 0 Å². The predicted octanol–water partition coefficient (Wildman–Crippen LogP) is 3.28. The summed E-state index contributed by atoms with van der Waals surface area (Å²) in [7, 11) is 0. The van der Waals surface area contributed by atoms with E-state index in [1.54, 1.807) is 24.2 Å². The van der Waals surface area contributed by atoms with E-state index in [-0.39, 0.29) is 46.8 Å². The zero-order valence-corrected chi connectivity index (χ0v) is 24.7. The number of halogens is 1. The number of nitrogens with one attached hydrogen (secondary N) is 1. The molecule has 3 atom stereocenters. The van der Waals surface area contributed by atoms with Crippen LogP contribution < -0.4 is 11.1 Å². The summed E-state index contributed by atoms with van der Waals surface area (Å²) in [5, 5.41) is 7.87. The number of rotatable bonds is 7. The Balaban J connectivity index is 1.28. The van der Waals surface area contributed by atoms with Gasteiger partial charge in [0.15, 0.2) is 5.78 Å². The lowest BCUT2D eigenvalue weighted by Gasteiger charge is -2.27. The first kappa shape index (κ1) is 27.6. The second-order valence-electron chi connectivity index (χ2n) is 11.1. The van der Waals surface area contributed by atoms with Crippen LogP contribution in [-0.4, -0.2) is 65.2 Å². The van der Waals surface area contributed by atoms with Crippen LogP contribution in [0.4, 0.5) is 5.82 Å². The Morgan fingerprint density at radius 2 is 1.83 bits per heavy atom. The maximum absolute atomic E-state index is 13.8. The van der Waals surface area contributed by atoms with Crippen LogP contribution in [0.3, 0.4) is 0 Å². The van der Waals surface area contributed by atoms with Crippen molar-refractivity contribution in [2.75, 3.05) is 5.32 Å². The number of likely N-dealkylation sites (tertiary alicyclic amines) is 1. The van der Waals surface area contributed by atoms with Crippen molar-refractivity contribution in [1.29, 1.82) is 0 Å². The summed E-state index contributed by atoms with van der Waals surface area (Å²) in [5.74, 6) is -0.765. The number of fused-ring (bicyclic) bond motifs is 2. The fourth-order valence-electron chi connectivity index (χ4n) is 5.76. The Morgan fingerprint density at radius 3 is 2.52 bits per heavy atom. The largest absolute Gasteiger partial charge is 0.366 e. The molecular weight excluding hydrogens is 604 g/mol. The highest BCUT2D eigenvalue weighted by Crippen LogP contribution is 2.59. The molecular formula is C29H27BrN8O4. The number of primary amides is 1. The number of ketones is 1. The topological polar surface area (TPSA) is 166 Å². The first-order valence-electron chi connectivity index (χ1n) is 13.3. The molecule has 0 radical (unpaired) electrons. The van der Waals surface area contributed by atoms with Crippen LogP contribution >= 0.6 is 15.9 Å². The number of nitrogens with zero attached hydrogens (tertiary/aromatic N) is 6. The second kappa shape index (κ2) is 10.1. The summed E-state index contributed by atoms with van der Waals surface area (Å²) in [4.78, 5) is 65.8. The Morgan fingerprint density at radius 1 is 1.10 bits per heavy atom. The minimum Gasteiger partial charge on any atom is -0.366 e. The molecule has 1 unspecified atom stereocenters. The zero-order chi connectivity index (χ0) is 29.9. The number of carbonyl (C=O) groups is 4. The third-order valence-corrected chi connectivity index (χ3v) is 8.45. The highest BCUT2D eigenvalue weighted by molar-refractivity contribution is 9.10. The molecule has 3 aromatic heterocycles. The Bertz CT molecular complexity index is 1800. The summed E-state index contributed by atoms with van der Waals surface area (Å²) in [5.41, 5.74) is 7.91. The number of anilines is 1. The minimum absolute atomic E-state index is 0.0837. The number of nitrogens with two attached hydrogens (primary N) is 1. The summed E-state index contributed by atoms with van der Waals surface area (Å²) in [6.07, 6.45) is 4.72. The zero-order valence-electron chi connectivity index (χ0n) is 23.1. The van der Waals surface area contributed by atoms with Crippen molar-refractivity contribution in [3.05, 3.63) is 64.4 Å². The van der Waals surface area contributed by atoms with E-state index in [1.165, 1.54) is 23.7 Å². The Kier molecular flexibility index (Phi) is 6.64. The van der Waals surface area contributed by atoms with Crippen LogP contribution in [-0.2, 0) is 16.1 Å². The van der Waals surface area contributed by atoms with Crippen molar-refractivity contribution in [2.45, 2.75) is 52.2 Å². The van der Waals surface area contributed by atoms with E-state index in [9.17, 15) is 19.2 Å². The molecule has 1 saturated heterocycles. The predicted molar refractivity (Wildman–Crippen MR) is 156 cm³/mol. The van der Waals surface area contributed by atoms with Gasteiger partial charge in [-0.25, -0.2) is 15.0 Å². The van der Waals surface area contributed by atoms with Gasteiger partial charge in [0.2, 0.25) is 17.7 Å². The van der Waals surface area contributed by atoms with Crippen molar-refractivity contribution in [3.63, 3.8) is 0 Å². The molecule has 13 heteroatoms. The van der Waals surface area contributed by atoms with Crippen LogP contribution in [0, 0.1) is 12.3 Å². The molecule has 42 heavy (non-hydrogen) atoms. The molecule has 214 valence electrons. The lowest BCUT2D eigenvalue weighted by molar-refractivity contribution is -0.138. The van der Waals surface area contributed by atoms with Gasteiger partial charge < -0.3 is 16.0 Å². The van der Waals surface area contributed by atoms with Gasteiger partial charge in [0.25, 0.3) is 0 Å². The SMILES string of the molecule is CC(=O)c1nn(CC(=O)N2C3C[C@]3(C)C[C@H]2C(=O)Nc2cc(C(N)=O)cc(Br)n2)c2ccc(-c3cnc(C)nc3)cc12. The van der Waals surface area contributed by atoms with Crippen LogP contribution in [0.5, 0.6) is 0 Å². The molecule has 6 rings (SSSR count). The molecule has 0 bridgehead atoms. The molecule has 2 aliphatic rings. The average Bonchev–Trinajstić information content (AvgIpc) is 3.30. The van der Waals surface area contributed by atoms with Crippen molar-refractivity contribution >= 4 is 56.2 Å². The fourth-order valence-corrected chi connectivity index (χ4v) is 6.20. The second-order valence-corrected chi connectivity index (χ2v) is 11.9. The molecule has 3 amide bonds. The smallest absolute Gasteiger partial charge is 0.248 e. The van der Waals surface area contributed by atoms with Gasteiger partial charge in [-0.2, -0.15) is 5.10 Å². The first-order valence-corrected chi connectivity index (χ1v) is 14.1. The normalized spacial score (nSPS) is 20.8. The van der Waals surface area contributed by atoms with Crippen molar-refractivity contribution in [3.8, 4) is 11.1 Å². The number of pyridine rings is 1. The number of Topliss-reactive ketones (excluding diaryl/α,β-unsaturated/α-hetero) is 1.